The second-order valence-corrected chi connectivity index (χ2v) is 8.07. The van der Waals surface area contributed by atoms with Crippen molar-refractivity contribution in [2.45, 2.75) is 25.0 Å². The quantitative estimate of drug-likeness (QED) is 0.519. The topological polar surface area (TPSA) is 64.7 Å². The van der Waals surface area contributed by atoms with Crippen LogP contribution in [0.4, 0.5) is 0 Å². The molecule has 1 N–H and O–H groups in total. The van der Waals surface area contributed by atoms with Crippen molar-refractivity contribution >= 4 is 39.5 Å². The highest BCUT2D eigenvalue weighted by molar-refractivity contribution is 7.99. The predicted molar refractivity (Wildman–Crippen MR) is 114 cm³/mol. The van der Waals surface area contributed by atoms with Crippen LogP contribution in [0.15, 0.2) is 47.6 Å². The van der Waals surface area contributed by atoms with Gasteiger partial charge in [0.1, 0.15) is 0 Å². The number of benzene rings is 2. The van der Waals surface area contributed by atoms with Gasteiger partial charge in [0.25, 0.3) is 5.91 Å². The lowest BCUT2D eigenvalue weighted by Crippen LogP contribution is -2.28. The third-order valence-corrected chi connectivity index (χ3v) is 5.95. The van der Waals surface area contributed by atoms with Gasteiger partial charge in [-0.15, -0.1) is 10.2 Å². The Morgan fingerprint density at radius 2 is 1.82 bits per heavy atom. The minimum absolute atomic E-state index is 0.116. The van der Waals surface area contributed by atoms with Crippen LogP contribution in [0, 0.1) is 0 Å². The molecule has 4 rings (SSSR count). The van der Waals surface area contributed by atoms with Gasteiger partial charge in [-0.25, -0.2) is 0 Å². The van der Waals surface area contributed by atoms with Crippen molar-refractivity contribution in [1.29, 1.82) is 0 Å². The molecule has 0 spiro atoms. The molecule has 1 atom stereocenters. The second kappa shape index (κ2) is 7.31. The predicted octanol–water partition coefficient (Wildman–Crippen LogP) is 4.06. The van der Waals surface area contributed by atoms with E-state index in [2.05, 4.69) is 39.1 Å². The normalized spacial score (nSPS) is 12.6. The molecule has 0 aliphatic carbocycles. The van der Waals surface area contributed by atoms with E-state index in [4.69, 9.17) is 0 Å². The minimum atomic E-state index is -0.237. The Labute approximate surface area is 167 Å². The molecule has 4 aromatic rings. The molecule has 0 aliphatic heterocycles. The van der Waals surface area contributed by atoms with E-state index < -0.39 is 0 Å². The zero-order valence-corrected chi connectivity index (χ0v) is 17.2. The number of para-hydroxylation sites is 1. The Morgan fingerprint density at radius 1 is 1.07 bits per heavy atom. The van der Waals surface area contributed by atoms with Gasteiger partial charge in [0.05, 0.1) is 6.04 Å². The SMILES string of the molecule is CCSc1nnc([C@@H](C)NC(=O)c2ccc3c(c2)c2ccccc2n3C)n1C. The average molecular weight is 394 g/mol. The Bertz CT molecular complexity index is 1180. The summed E-state index contributed by atoms with van der Waals surface area (Å²) in [6.45, 7) is 4.01. The third-order valence-electron chi connectivity index (χ3n) is 5.05. The van der Waals surface area contributed by atoms with Crippen molar-refractivity contribution in [3.8, 4) is 0 Å². The number of nitrogens with one attached hydrogen (secondary N) is 1. The fraction of sp³-hybridized carbons (Fsp3) is 0.286. The Morgan fingerprint density at radius 3 is 2.61 bits per heavy atom. The van der Waals surface area contributed by atoms with E-state index in [0.717, 1.165) is 38.5 Å². The fourth-order valence-electron chi connectivity index (χ4n) is 3.61. The number of hydrogen-bond acceptors (Lipinski definition) is 4. The van der Waals surface area contributed by atoms with E-state index in [1.165, 1.54) is 0 Å². The monoisotopic (exact) mass is 393 g/mol. The smallest absolute Gasteiger partial charge is 0.251 e. The van der Waals surface area contributed by atoms with Crippen LogP contribution in [-0.2, 0) is 14.1 Å². The summed E-state index contributed by atoms with van der Waals surface area (Å²) < 4.78 is 4.09. The van der Waals surface area contributed by atoms with Crippen molar-refractivity contribution in [2.24, 2.45) is 14.1 Å². The van der Waals surface area contributed by atoms with E-state index in [1.54, 1.807) is 11.8 Å². The minimum Gasteiger partial charge on any atom is -0.344 e. The number of thioether (sulfide) groups is 1. The van der Waals surface area contributed by atoms with Crippen LogP contribution < -0.4 is 5.32 Å². The molecule has 28 heavy (non-hydrogen) atoms. The summed E-state index contributed by atoms with van der Waals surface area (Å²) in [6.07, 6.45) is 0. The first-order chi connectivity index (χ1) is 13.5. The number of amides is 1. The molecule has 0 aliphatic rings. The Kier molecular flexibility index (Phi) is 4.85. The lowest BCUT2D eigenvalue weighted by molar-refractivity contribution is 0.0938. The van der Waals surface area contributed by atoms with E-state index in [9.17, 15) is 4.79 Å². The van der Waals surface area contributed by atoms with E-state index in [-0.39, 0.29) is 11.9 Å². The van der Waals surface area contributed by atoms with Gasteiger partial charge in [-0.05, 0) is 36.9 Å². The van der Waals surface area contributed by atoms with Crippen LogP contribution in [0.25, 0.3) is 21.8 Å². The molecule has 0 saturated heterocycles. The molecular formula is C21H23N5OS. The molecule has 7 heteroatoms. The Balaban J connectivity index is 1.63. The molecule has 0 fully saturated rings. The van der Waals surface area contributed by atoms with Gasteiger partial charge < -0.3 is 14.5 Å². The standard InChI is InChI=1S/C21H23N5OS/c1-5-28-21-24-23-19(26(21)4)13(2)22-20(27)14-10-11-18-16(12-14)15-8-6-7-9-17(15)25(18)3/h6-13H,5H2,1-4H3,(H,22,27)/t13-/m1/s1. The molecule has 2 aromatic carbocycles. The lowest BCUT2D eigenvalue weighted by atomic mass is 10.1. The molecule has 0 saturated carbocycles. The highest BCUT2D eigenvalue weighted by Crippen LogP contribution is 2.29. The number of fused-ring (bicyclic) bond motifs is 3. The van der Waals surface area contributed by atoms with Gasteiger partial charge in [0, 0.05) is 41.5 Å². The summed E-state index contributed by atoms with van der Waals surface area (Å²) in [5.41, 5.74) is 2.91. The highest BCUT2D eigenvalue weighted by Gasteiger charge is 2.19. The first kappa shape index (κ1) is 18.6. The van der Waals surface area contributed by atoms with Crippen molar-refractivity contribution < 1.29 is 4.79 Å². The first-order valence-electron chi connectivity index (χ1n) is 9.31. The number of hydrogen-bond donors (Lipinski definition) is 1. The summed E-state index contributed by atoms with van der Waals surface area (Å²) in [5.74, 6) is 1.56. The van der Waals surface area contributed by atoms with Crippen molar-refractivity contribution in [3.63, 3.8) is 0 Å². The van der Waals surface area contributed by atoms with E-state index in [0.29, 0.717) is 5.56 Å². The van der Waals surface area contributed by atoms with Gasteiger partial charge in [0.2, 0.25) is 0 Å². The van der Waals surface area contributed by atoms with Gasteiger partial charge >= 0.3 is 0 Å². The number of carbonyl (C=O) groups is 1. The van der Waals surface area contributed by atoms with Crippen LogP contribution in [0.3, 0.4) is 0 Å². The van der Waals surface area contributed by atoms with Gasteiger partial charge in [-0.3, -0.25) is 4.79 Å². The number of aromatic nitrogens is 4. The van der Waals surface area contributed by atoms with Crippen LogP contribution in [0.1, 0.15) is 36.1 Å². The van der Waals surface area contributed by atoms with Crippen molar-refractivity contribution in [3.05, 3.63) is 53.9 Å². The number of rotatable bonds is 5. The molecular weight excluding hydrogens is 370 g/mol. The molecule has 144 valence electrons. The van der Waals surface area contributed by atoms with Crippen LogP contribution in [0.5, 0.6) is 0 Å². The van der Waals surface area contributed by atoms with Gasteiger partial charge in [-0.1, -0.05) is 36.9 Å². The highest BCUT2D eigenvalue weighted by atomic mass is 32.2. The summed E-state index contributed by atoms with van der Waals surface area (Å²) in [7, 11) is 3.98. The second-order valence-electron chi connectivity index (χ2n) is 6.84. The molecule has 0 bridgehead atoms. The fourth-order valence-corrected chi connectivity index (χ4v) is 4.26. The molecule has 0 radical (unpaired) electrons. The van der Waals surface area contributed by atoms with Crippen LogP contribution in [0.2, 0.25) is 0 Å². The van der Waals surface area contributed by atoms with Gasteiger partial charge in [-0.2, -0.15) is 0 Å². The summed E-state index contributed by atoms with van der Waals surface area (Å²) >= 11 is 1.63. The third kappa shape index (κ3) is 3.05. The molecule has 1 amide bonds. The Hall–Kier alpha value is -2.80. The zero-order chi connectivity index (χ0) is 19.8. The average Bonchev–Trinajstić information content (AvgIpc) is 3.20. The summed E-state index contributed by atoms with van der Waals surface area (Å²) in [5, 5.41) is 14.6. The summed E-state index contributed by atoms with van der Waals surface area (Å²) in [6, 6.07) is 13.9. The number of aryl methyl sites for hydroxylation is 1. The van der Waals surface area contributed by atoms with E-state index >= 15 is 0 Å². The maximum absolute atomic E-state index is 12.9. The number of carbonyl (C=O) groups excluding carboxylic acids is 1. The van der Waals surface area contributed by atoms with Crippen molar-refractivity contribution in [2.75, 3.05) is 5.75 Å². The summed E-state index contributed by atoms with van der Waals surface area (Å²) in [4.78, 5) is 12.9. The maximum atomic E-state index is 12.9. The molecule has 2 aromatic heterocycles. The van der Waals surface area contributed by atoms with Gasteiger partial charge in [0.15, 0.2) is 11.0 Å². The molecule has 6 nitrogen and oxygen atoms in total. The first-order valence-corrected chi connectivity index (χ1v) is 10.3. The molecule has 2 heterocycles. The number of nitrogens with zero attached hydrogens (tertiary/aromatic N) is 4. The van der Waals surface area contributed by atoms with E-state index in [1.807, 2.05) is 55.9 Å². The van der Waals surface area contributed by atoms with Crippen LogP contribution in [-0.4, -0.2) is 31.0 Å². The maximum Gasteiger partial charge on any atom is 0.251 e. The van der Waals surface area contributed by atoms with Crippen molar-refractivity contribution in [1.82, 2.24) is 24.6 Å². The van der Waals surface area contributed by atoms with Crippen LogP contribution >= 0.6 is 11.8 Å². The lowest BCUT2D eigenvalue weighted by Gasteiger charge is -2.13. The largest absolute Gasteiger partial charge is 0.344 e. The zero-order valence-electron chi connectivity index (χ0n) is 16.4. The molecule has 0 unspecified atom stereocenters.